The zero-order valence-electron chi connectivity index (χ0n) is 16.9. The minimum Gasteiger partial charge on any atom is -0.501 e. The molecule has 2 N–H and O–H groups in total. The first kappa shape index (κ1) is 23.1. The lowest BCUT2D eigenvalue weighted by molar-refractivity contribution is -0.162. The number of hydrogen-bond donors (Lipinski definition) is 2. The molecular formula is C21H32O6. The Morgan fingerprint density at radius 3 is 2.52 bits per heavy atom. The number of rotatable bonds is 3. The molecule has 6 nitrogen and oxygen atoms in total. The van der Waals surface area contributed by atoms with Crippen molar-refractivity contribution in [3.05, 3.63) is 35.6 Å². The summed E-state index contributed by atoms with van der Waals surface area (Å²) in [4.78, 5) is 25.2. The number of ether oxygens (including phenoxy) is 2. The van der Waals surface area contributed by atoms with Crippen molar-refractivity contribution in [3.8, 4) is 0 Å². The zero-order chi connectivity index (χ0) is 20.8. The molecule has 0 aromatic rings. The van der Waals surface area contributed by atoms with E-state index < -0.39 is 36.0 Å². The number of cyclic esters (lactones) is 1. The van der Waals surface area contributed by atoms with E-state index in [0.717, 1.165) is 11.1 Å². The highest BCUT2D eigenvalue weighted by Crippen LogP contribution is 2.27. The fourth-order valence-electron chi connectivity index (χ4n) is 3.22. The van der Waals surface area contributed by atoms with Crippen molar-refractivity contribution in [2.45, 2.75) is 58.7 Å². The molecule has 0 spiro atoms. The van der Waals surface area contributed by atoms with E-state index in [1.54, 1.807) is 6.08 Å². The van der Waals surface area contributed by atoms with Crippen LogP contribution in [0.3, 0.4) is 0 Å². The number of allylic oxidation sites excluding steroid dienone is 3. The first-order valence-corrected chi connectivity index (χ1v) is 9.26. The summed E-state index contributed by atoms with van der Waals surface area (Å²) in [6.07, 6.45) is 4.19. The molecule has 152 valence electrons. The summed E-state index contributed by atoms with van der Waals surface area (Å²) in [5.74, 6) is -2.33. The molecule has 0 aliphatic carbocycles. The van der Waals surface area contributed by atoms with Crippen LogP contribution in [0.15, 0.2) is 35.6 Å². The number of aliphatic hydroxyl groups excluding tert-OH is 1. The maximum absolute atomic E-state index is 12.7. The van der Waals surface area contributed by atoms with Gasteiger partial charge in [-0.3, -0.25) is 9.59 Å². The minimum absolute atomic E-state index is 0.0394. The van der Waals surface area contributed by atoms with Gasteiger partial charge < -0.3 is 19.7 Å². The standard InChI is InChI=1S/C21H32O6/c1-7-18-15(4)9-13(2)8-14(3)10-17(26-6)11-21(25,12-22)19(23)16(5)20(24)27-18/h9-10,14,16,18,22,25H,2,7-8,11-12H2,1,3-6H3/b15-9-,17-10-/t14-,16+,18?,21-/m0/s1. The van der Waals surface area contributed by atoms with Crippen LogP contribution in [0.4, 0.5) is 0 Å². The van der Waals surface area contributed by atoms with E-state index in [2.05, 4.69) is 6.58 Å². The van der Waals surface area contributed by atoms with Crippen molar-refractivity contribution in [1.82, 2.24) is 0 Å². The molecule has 0 amide bonds. The van der Waals surface area contributed by atoms with Crippen LogP contribution in [-0.2, 0) is 19.1 Å². The number of Topliss-reactive ketones (excluding diaryl/α,β-unsaturated/α-hetero) is 1. The van der Waals surface area contributed by atoms with Crippen LogP contribution in [0, 0.1) is 11.8 Å². The summed E-state index contributed by atoms with van der Waals surface area (Å²) >= 11 is 0. The smallest absolute Gasteiger partial charge is 0.316 e. The van der Waals surface area contributed by atoms with Crippen LogP contribution in [0.25, 0.3) is 0 Å². The molecule has 0 saturated carbocycles. The molecule has 1 aliphatic rings. The molecule has 0 fully saturated rings. The average Bonchev–Trinajstić information content (AvgIpc) is 2.62. The highest BCUT2D eigenvalue weighted by atomic mass is 16.5. The number of methoxy groups -OCH3 is 1. The lowest BCUT2D eigenvalue weighted by atomic mass is 9.86. The van der Waals surface area contributed by atoms with E-state index in [1.165, 1.54) is 14.0 Å². The van der Waals surface area contributed by atoms with Crippen molar-refractivity contribution in [3.63, 3.8) is 0 Å². The molecule has 0 aromatic carbocycles. The van der Waals surface area contributed by atoms with Gasteiger partial charge in [-0.05, 0) is 44.3 Å². The van der Waals surface area contributed by atoms with Gasteiger partial charge in [0.1, 0.15) is 12.0 Å². The first-order chi connectivity index (χ1) is 12.6. The van der Waals surface area contributed by atoms with Gasteiger partial charge in [0.25, 0.3) is 0 Å². The Hall–Kier alpha value is -1.92. The van der Waals surface area contributed by atoms with Gasteiger partial charge in [0, 0.05) is 6.42 Å². The lowest BCUT2D eigenvalue weighted by Crippen LogP contribution is -2.48. The number of aliphatic hydroxyl groups is 2. The van der Waals surface area contributed by atoms with Crippen molar-refractivity contribution in [1.29, 1.82) is 0 Å². The Morgan fingerprint density at radius 1 is 1.37 bits per heavy atom. The van der Waals surface area contributed by atoms with Gasteiger partial charge in [-0.15, -0.1) is 0 Å². The van der Waals surface area contributed by atoms with Crippen LogP contribution >= 0.6 is 0 Å². The van der Waals surface area contributed by atoms with Crippen molar-refractivity contribution < 1.29 is 29.3 Å². The predicted molar refractivity (Wildman–Crippen MR) is 103 cm³/mol. The monoisotopic (exact) mass is 380 g/mol. The van der Waals surface area contributed by atoms with E-state index in [-0.39, 0.29) is 12.3 Å². The van der Waals surface area contributed by atoms with E-state index >= 15 is 0 Å². The second-order valence-corrected chi connectivity index (χ2v) is 7.35. The van der Waals surface area contributed by atoms with E-state index in [0.29, 0.717) is 18.6 Å². The second-order valence-electron chi connectivity index (χ2n) is 7.35. The molecule has 1 aliphatic heterocycles. The molecule has 4 atom stereocenters. The highest BCUT2D eigenvalue weighted by molar-refractivity contribution is 6.03. The Morgan fingerprint density at radius 2 is 2.00 bits per heavy atom. The lowest BCUT2D eigenvalue weighted by Gasteiger charge is -2.29. The summed E-state index contributed by atoms with van der Waals surface area (Å²) in [7, 11) is 1.44. The fourth-order valence-corrected chi connectivity index (χ4v) is 3.22. The normalized spacial score (nSPS) is 35.4. The second kappa shape index (κ2) is 9.85. The van der Waals surface area contributed by atoms with Gasteiger partial charge in [0.2, 0.25) is 0 Å². The SMILES string of the molecule is C=C1/C=C(/C)C(CC)OC(=O)[C@H](C)C(=O)[C@@](O)(CO)C/C(OC)=C/[C@@H](C)C1. The highest BCUT2D eigenvalue weighted by Gasteiger charge is 2.42. The molecule has 0 saturated heterocycles. The van der Waals surface area contributed by atoms with Gasteiger partial charge in [0.15, 0.2) is 11.4 Å². The number of esters is 1. The van der Waals surface area contributed by atoms with Gasteiger partial charge in [-0.2, -0.15) is 0 Å². The first-order valence-electron chi connectivity index (χ1n) is 9.26. The maximum atomic E-state index is 12.7. The third-order valence-corrected chi connectivity index (χ3v) is 4.82. The average molecular weight is 380 g/mol. The summed E-state index contributed by atoms with van der Waals surface area (Å²) < 4.78 is 10.8. The van der Waals surface area contributed by atoms with Crippen molar-refractivity contribution in [2.75, 3.05) is 13.7 Å². The van der Waals surface area contributed by atoms with Gasteiger partial charge in [-0.1, -0.05) is 32.1 Å². The Kier molecular flexibility index (Phi) is 8.44. The topological polar surface area (TPSA) is 93.1 Å². The van der Waals surface area contributed by atoms with Crippen molar-refractivity contribution >= 4 is 11.8 Å². The summed E-state index contributed by atoms with van der Waals surface area (Å²) in [5.41, 5.74) is -0.402. The largest absolute Gasteiger partial charge is 0.501 e. The molecule has 0 aromatic heterocycles. The molecular weight excluding hydrogens is 348 g/mol. The molecule has 1 unspecified atom stereocenters. The predicted octanol–water partition coefficient (Wildman–Crippen LogP) is 2.70. The Bertz CT molecular complexity index is 633. The van der Waals surface area contributed by atoms with Gasteiger partial charge in [0.05, 0.1) is 19.5 Å². The molecule has 27 heavy (non-hydrogen) atoms. The molecule has 0 bridgehead atoms. The molecule has 1 rings (SSSR count). The number of carbonyl (C=O) groups excluding carboxylic acids is 2. The van der Waals surface area contributed by atoms with Crippen LogP contribution in [0.2, 0.25) is 0 Å². The van der Waals surface area contributed by atoms with E-state index in [1.807, 2.05) is 26.8 Å². The number of carbonyl (C=O) groups is 2. The Balaban J connectivity index is 3.38. The fraction of sp³-hybridized carbons (Fsp3) is 0.619. The summed E-state index contributed by atoms with van der Waals surface area (Å²) in [5, 5.41) is 20.4. The minimum atomic E-state index is -2.12. The number of hydrogen-bond acceptors (Lipinski definition) is 6. The van der Waals surface area contributed by atoms with E-state index in [4.69, 9.17) is 9.47 Å². The molecule has 1 heterocycles. The van der Waals surface area contributed by atoms with Crippen LogP contribution in [0.5, 0.6) is 0 Å². The van der Waals surface area contributed by atoms with Crippen LogP contribution in [0.1, 0.15) is 47.0 Å². The number of ketones is 1. The van der Waals surface area contributed by atoms with Crippen LogP contribution < -0.4 is 0 Å². The van der Waals surface area contributed by atoms with Gasteiger partial charge in [-0.25, -0.2) is 0 Å². The zero-order valence-corrected chi connectivity index (χ0v) is 16.9. The molecule has 0 radical (unpaired) electrons. The third-order valence-electron chi connectivity index (χ3n) is 4.82. The Labute approximate surface area is 161 Å². The maximum Gasteiger partial charge on any atom is 0.316 e. The quantitative estimate of drug-likeness (QED) is 0.578. The van der Waals surface area contributed by atoms with E-state index in [9.17, 15) is 19.8 Å². The summed E-state index contributed by atoms with van der Waals surface area (Å²) in [6.45, 7) is 10.3. The van der Waals surface area contributed by atoms with Gasteiger partial charge >= 0.3 is 5.97 Å². The van der Waals surface area contributed by atoms with Crippen LogP contribution in [-0.4, -0.2) is 47.4 Å². The molecule has 6 heteroatoms. The summed E-state index contributed by atoms with van der Waals surface area (Å²) in [6, 6.07) is 0. The van der Waals surface area contributed by atoms with Crippen molar-refractivity contribution in [2.24, 2.45) is 11.8 Å². The third kappa shape index (κ3) is 6.04.